The number of hydrogen-bond donors (Lipinski definition) is 0. The van der Waals surface area contributed by atoms with E-state index in [4.69, 9.17) is 4.98 Å². The van der Waals surface area contributed by atoms with E-state index in [2.05, 4.69) is 124 Å². The van der Waals surface area contributed by atoms with Gasteiger partial charge >= 0.3 is 0 Å². The Bertz CT molecular complexity index is 1530. The molecule has 2 nitrogen and oxygen atoms in total. The molecule has 0 atom stereocenters. The van der Waals surface area contributed by atoms with Crippen molar-refractivity contribution in [1.82, 2.24) is 9.55 Å². The molecule has 6 rings (SSSR count). The summed E-state index contributed by atoms with van der Waals surface area (Å²) < 4.78 is 3.53. The Labute approximate surface area is 187 Å². The minimum absolute atomic E-state index is 0.966. The predicted octanol–water partition coefficient (Wildman–Crippen LogP) is 7.60. The Balaban J connectivity index is 1.87. The largest absolute Gasteiger partial charge is 0.292 e. The van der Waals surface area contributed by atoms with Crippen LogP contribution in [0, 0.1) is 3.57 Å². The van der Waals surface area contributed by atoms with Gasteiger partial charge in [0.1, 0.15) is 5.82 Å². The molecule has 0 radical (unpaired) electrons. The number of aromatic nitrogens is 2. The standard InChI is InChI=1S/C27H17IN2/c28-19-14-16-20(17-15-19)30-26-24-13-7-5-11-22(24)21-10-4-6-12-23(21)25(26)29-27(30)18-8-2-1-3-9-18/h1-17H. The molecule has 142 valence electrons. The van der Waals surface area contributed by atoms with Crippen molar-refractivity contribution < 1.29 is 0 Å². The molecule has 0 spiro atoms. The van der Waals surface area contributed by atoms with Crippen LogP contribution in [0.4, 0.5) is 0 Å². The number of halogens is 1. The van der Waals surface area contributed by atoms with Crippen LogP contribution < -0.4 is 0 Å². The molecule has 30 heavy (non-hydrogen) atoms. The zero-order chi connectivity index (χ0) is 20.1. The van der Waals surface area contributed by atoms with Gasteiger partial charge in [-0.05, 0) is 57.6 Å². The van der Waals surface area contributed by atoms with E-state index in [0.717, 1.165) is 28.1 Å². The molecule has 1 heterocycles. The van der Waals surface area contributed by atoms with Crippen LogP contribution in [0.15, 0.2) is 103 Å². The summed E-state index contributed by atoms with van der Waals surface area (Å²) in [5.41, 5.74) is 4.43. The van der Waals surface area contributed by atoms with Gasteiger partial charge in [0.05, 0.1) is 11.0 Å². The SMILES string of the molecule is Ic1ccc(-n2c(-c3ccccc3)nc3c4ccccc4c4ccccc4c32)cc1. The zero-order valence-electron chi connectivity index (χ0n) is 16.1. The summed E-state index contributed by atoms with van der Waals surface area (Å²) in [7, 11) is 0. The van der Waals surface area contributed by atoms with Crippen LogP contribution >= 0.6 is 22.6 Å². The second kappa shape index (κ2) is 6.96. The number of hydrogen-bond acceptors (Lipinski definition) is 1. The van der Waals surface area contributed by atoms with Crippen molar-refractivity contribution in [2.24, 2.45) is 0 Å². The van der Waals surface area contributed by atoms with E-state index in [1.165, 1.54) is 25.1 Å². The highest BCUT2D eigenvalue weighted by atomic mass is 127. The summed E-state index contributed by atoms with van der Waals surface area (Å²) in [5, 5.41) is 4.91. The first-order valence-electron chi connectivity index (χ1n) is 9.94. The van der Waals surface area contributed by atoms with Crippen LogP contribution in [0.25, 0.3) is 49.7 Å². The number of fused-ring (bicyclic) bond motifs is 6. The van der Waals surface area contributed by atoms with Gasteiger partial charge in [-0.25, -0.2) is 4.98 Å². The molecule has 0 aliphatic rings. The fraction of sp³-hybridized carbons (Fsp3) is 0. The van der Waals surface area contributed by atoms with Crippen molar-refractivity contribution in [2.75, 3.05) is 0 Å². The number of nitrogens with zero attached hydrogens (tertiary/aromatic N) is 2. The number of imidazole rings is 1. The maximum Gasteiger partial charge on any atom is 0.145 e. The van der Waals surface area contributed by atoms with E-state index in [-0.39, 0.29) is 0 Å². The molecule has 0 fully saturated rings. The van der Waals surface area contributed by atoms with E-state index in [0.29, 0.717) is 0 Å². The highest BCUT2D eigenvalue weighted by Gasteiger charge is 2.19. The van der Waals surface area contributed by atoms with E-state index in [1.54, 1.807) is 0 Å². The number of benzene rings is 5. The summed E-state index contributed by atoms with van der Waals surface area (Å²) in [6.07, 6.45) is 0. The Morgan fingerprint density at radius 3 is 1.83 bits per heavy atom. The lowest BCUT2D eigenvalue weighted by Gasteiger charge is -2.12. The molecule has 0 saturated carbocycles. The van der Waals surface area contributed by atoms with Gasteiger partial charge in [0.2, 0.25) is 0 Å². The van der Waals surface area contributed by atoms with Crippen LogP contribution in [0.2, 0.25) is 0 Å². The van der Waals surface area contributed by atoms with Crippen molar-refractivity contribution >= 4 is 55.2 Å². The van der Waals surface area contributed by atoms with Gasteiger partial charge in [0.15, 0.2) is 0 Å². The second-order valence-corrected chi connectivity index (χ2v) is 8.65. The van der Waals surface area contributed by atoms with Crippen molar-refractivity contribution in [3.63, 3.8) is 0 Å². The summed E-state index contributed by atoms with van der Waals surface area (Å²) in [6.45, 7) is 0. The molecule has 6 aromatic rings. The van der Waals surface area contributed by atoms with Crippen LogP contribution in [0.1, 0.15) is 0 Å². The second-order valence-electron chi connectivity index (χ2n) is 7.40. The molecule has 1 aromatic heterocycles. The van der Waals surface area contributed by atoms with Gasteiger partial charge < -0.3 is 0 Å². The van der Waals surface area contributed by atoms with E-state index in [1.807, 2.05) is 6.07 Å². The lowest BCUT2D eigenvalue weighted by atomic mass is 10.00. The first-order chi connectivity index (χ1) is 14.8. The normalized spacial score (nSPS) is 11.5. The number of rotatable bonds is 2. The average molecular weight is 496 g/mol. The summed E-state index contributed by atoms with van der Waals surface area (Å²) in [5.74, 6) is 0.966. The van der Waals surface area contributed by atoms with Gasteiger partial charge in [0, 0.05) is 25.6 Å². The third kappa shape index (κ3) is 2.66. The summed E-state index contributed by atoms with van der Waals surface area (Å²) in [6, 6.07) is 36.4. The molecule has 0 saturated heterocycles. The summed E-state index contributed by atoms with van der Waals surface area (Å²) in [4.78, 5) is 5.22. The van der Waals surface area contributed by atoms with Gasteiger partial charge in [-0.3, -0.25) is 4.57 Å². The van der Waals surface area contributed by atoms with Gasteiger partial charge in [-0.2, -0.15) is 0 Å². The topological polar surface area (TPSA) is 17.8 Å². The maximum atomic E-state index is 5.22. The smallest absolute Gasteiger partial charge is 0.145 e. The zero-order valence-corrected chi connectivity index (χ0v) is 18.2. The highest BCUT2D eigenvalue weighted by Crippen LogP contribution is 2.38. The molecular formula is C27H17IN2. The fourth-order valence-electron chi connectivity index (χ4n) is 4.33. The third-order valence-electron chi connectivity index (χ3n) is 5.65. The van der Waals surface area contributed by atoms with Crippen molar-refractivity contribution in [3.05, 3.63) is 107 Å². The average Bonchev–Trinajstić information content (AvgIpc) is 3.21. The first kappa shape index (κ1) is 17.7. The van der Waals surface area contributed by atoms with Gasteiger partial charge in [-0.15, -0.1) is 0 Å². The van der Waals surface area contributed by atoms with E-state index < -0.39 is 0 Å². The Kier molecular flexibility index (Phi) is 4.09. The molecule has 0 bridgehead atoms. The van der Waals surface area contributed by atoms with Crippen LogP contribution in [-0.2, 0) is 0 Å². The van der Waals surface area contributed by atoms with Gasteiger partial charge in [0.25, 0.3) is 0 Å². The Hall–Kier alpha value is -3.18. The Morgan fingerprint density at radius 1 is 0.567 bits per heavy atom. The van der Waals surface area contributed by atoms with Crippen molar-refractivity contribution in [2.45, 2.75) is 0 Å². The lowest BCUT2D eigenvalue weighted by molar-refractivity contribution is 1.10. The van der Waals surface area contributed by atoms with Crippen LogP contribution in [-0.4, -0.2) is 9.55 Å². The van der Waals surface area contributed by atoms with Crippen molar-refractivity contribution in [1.29, 1.82) is 0 Å². The molecule has 0 unspecified atom stereocenters. The monoisotopic (exact) mass is 496 g/mol. The highest BCUT2D eigenvalue weighted by molar-refractivity contribution is 14.1. The molecule has 3 heteroatoms. The van der Waals surface area contributed by atoms with Gasteiger partial charge in [-0.1, -0.05) is 78.9 Å². The Morgan fingerprint density at radius 2 is 1.13 bits per heavy atom. The molecular weight excluding hydrogens is 479 g/mol. The van der Waals surface area contributed by atoms with Crippen molar-refractivity contribution in [3.8, 4) is 17.1 Å². The maximum absolute atomic E-state index is 5.22. The first-order valence-corrected chi connectivity index (χ1v) is 11.0. The predicted molar refractivity (Wildman–Crippen MR) is 134 cm³/mol. The quantitative estimate of drug-likeness (QED) is 0.178. The van der Waals surface area contributed by atoms with E-state index in [9.17, 15) is 0 Å². The molecule has 5 aromatic carbocycles. The van der Waals surface area contributed by atoms with Crippen LogP contribution in [0.3, 0.4) is 0 Å². The fourth-order valence-corrected chi connectivity index (χ4v) is 4.69. The van der Waals surface area contributed by atoms with E-state index >= 15 is 0 Å². The van der Waals surface area contributed by atoms with Crippen LogP contribution in [0.5, 0.6) is 0 Å². The molecule has 0 amide bonds. The lowest BCUT2D eigenvalue weighted by Crippen LogP contribution is -1.98. The molecule has 0 N–H and O–H groups in total. The molecule has 0 aliphatic carbocycles. The third-order valence-corrected chi connectivity index (χ3v) is 6.37. The minimum Gasteiger partial charge on any atom is -0.292 e. The minimum atomic E-state index is 0.966. The summed E-state index contributed by atoms with van der Waals surface area (Å²) >= 11 is 2.35. The molecule has 0 aliphatic heterocycles.